The SMILES string of the molecule is O=C(Nc1ccc(-n2ccnc2)c(Cl)c1)C1CC(c2ccc(Cl)s2)=NO1. The molecule has 3 heterocycles. The third kappa shape index (κ3) is 3.46. The second-order valence-electron chi connectivity index (χ2n) is 5.57. The molecule has 1 amide bonds. The zero-order chi connectivity index (χ0) is 18.1. The van der Waals surface area contributed by atoms with E-state index in [0.29, 0.717) is 21.5 Å². The normalized spacial score (nSPS) is 16.2. The Balaban J connectivity index is 1.42. The van der Waals surface area contributed by atoms with Crippen molar-refractivity contribution in [2.24, 2.45) is 5.16 Å². The number of carbonyl (C=O) groups excluding carboxylic acids is 1. The summed E-state index contributed by atoms with van der Waals surface area (Å²) < 4.78 is 2.46. The van der Waals surface area contributed by atoms with E-state index in [1.807, 2.05) is 12.1 Å². The van der Waals surface area contributed by atoms with Crippen molar-refractivity contribution < 1.29 is 9.63 Å². The van der Waals surface area contributed by atoms with E-state index in [2.05, 4.69) is 15.5 Å². The lowest BCUT2D eigenvalue weighted by Crippen LogP contribution is -2.28. The largest absolute Gasteiger partial charge is 0.382 e. The molecule has 4 rings (SSSR count). The zero-order valence-corrected chi connectivity index (χ0v) is 15.6. The molecule has 3 aromatic rings. The fraction of sp³-hybridized carbons (Fsp3) is 0.118. The molecule has 0 aliphatic carbocycles. The Bertz CT molecular complexity index is 985. The fourth-order valence-electron chi connectivity index (χ4n) is 2.55. The number of imidazole rings is 1. The number of nitrogens with one attached hydrogen (secondary N) is 1. The summed E-state index contributed by atoms with van der Waals surface area (Å²) in [6, 6.07) is 8.93. The highest BCUT2D eigenvalue weighted by Crippen LogP contribution is 2.28. The third-order valence-electron chi connectivity index (χ3n) is 3.82. The van der Waals surface area contributed by atoms with Crippen LogP contribution in [-0.4, -0.2) is 27.3 Å². The first kappa shape index (κ1) is 17.1. The summed E-state index contributed by atoms with van der Waals surface area (Å²) in [6.07, 6.45) is 4.83. The van der Waals surface area contributed by atoms with Crippen molar-refractivity contribution in [3.8, 4) is 5.69 Å². The van der Waals surface area contributed by atoms with Gasteiger partial charge in [-0.2, -0.15) is 0 Å². The number of rotatable bonds is 4. The summed E-state index contributed by atoms with van der Waals surface area (Å²) in [5.74, 6) is -0.280. The average molecular weight is 407 g/mol. The number of amides is 1. The van der Waals surface area contributed by atoms with Crippen LogP contribution in [0.5, 0.6) is 0 Å². The minimum Gasteiger partial charge on any atom is -0.382 e. The Kier molecular flexibility index (Phi) is 4.67. The van der Waals surface area contributed by atoms with Crippen LogP contribution in [0.4, 0.5) is 5.69 Å². The molecule has 0 saturated carbocycles. The molecular weight excluding hydrogens is 395 g/mol. The molecule has 26 heavy (non-hydrogen) atoms. The number of hydrogen-bond acceptors (Lipinski definition) is 5. The van der Waals surface area contributed by atoms with Crippen LogP contribution in [0.25, 0.3) is 5.69 Å². The third-order valence-corrected chi connectivity index (χ3v) is 5.40. The highest BCUT2D eigenvalue weighted by Gasteiger charge is 2.29. The maximum atomic E-state index is 12.4. The number of oxime groups is 1. The van der Waals surface area contributed by atoms with Crippen LogP contribution in [0, 0.1) is 0 Å². The molecule has 0 radical (unpaired) electrons. The maximum absolute atomic E-state index is 12.4. The predicted molar refractivity (Wildman–Crippen MR) is 103 cm³/mol. The van der Waals surface area contributed by atoms with Gasteiger partial charge in [-0.3, -0.25) is 4.79 Å². The van der Waals surface area contributed by atoms with Crippen molar-refractivity contribution in [3.63, 3.8) is 0 Å². The summed E-state index contributed by atoms with van der Waals surface area (Å²) >= 11 is 13.6. The van der Waals surface area contributed by atoms with Crippen molar-refractivity contribution in [3.05, 3.63) is 63.3 Å². The van der Waals surface area contributed by atoms with Gasteiger partial charge < -0.3 is 14.7 Å². The standard InChI is InChI=1S/C17H12Cl2N4O2S/c18-11-7-10(1-2-13(11)23-6-5-20-9-23)21-17(24)14-8-12(22-25-14)15-3-4-16(19)26-15/h1-7,9,14H,8H2,(H,21,24). The monoisotopic (exact) mass is 406 g/mol. The molecule has 1 aliphatic rings. The van der Waals surface area contributed by atoms with Gasteiger partial charge >= 0.3 is 0 Å². The van der Waals surface area contributed by atoms with E-state index in [0.717, 1.165) is 16.3 Å². The topological polar surface area (TPSA) is 68.5 Å². The summed E-state index contributed by atoms with van der Waals surface area (Å²) in [5.41, 5.74) is 2.08. The Morgan fingerprint density at radius 3 is 2.88 bits per heavy atom. The number of halogens is 2. The molecule has 0 bridgehead atoms. The summed E-state index contributed by atoms with van der Waals surface area (Å²) in [6.45, 7) is 0. The molecule has 0 spiro atoms. The van der Waals surface area contributed by atoms with Gasteiger partial charge in [-0.25, -0.2) is 4.98 Å². The minimum atomic E-state index is -0.682. The van der Waals surface area contributed by atoms with Crippen LogP contribution >= 0.6 is 34.5 Å². The van der Waals surface area contributed by atoms with E-state index in [4.69, 9.17) is 28.0 Å². The summed E-state index contributed by atoms with van der Waals surface area (Å²) in [7, 11) is 0. The lowest BCUT2D eigenvalue weighted by atomic mass is 10.1. The van der Waals surface area contributed by atoms with Crippen LogP contribution in [0.1, 0.15) is 11.3 Å². The van der Waals surface area contributed by atoms with Gasteiger partial charge in [0.25, 0.3) is 5.91 Å². The van der Waals surface area contributed by atoms with Crippen molar-refractivity contribution in [1.29, 1.82) is 0 Å². The van der Waals surface area contributed by atoms with E-state index < -0.39 is 6.10 Å². The molecule has 1 unspecified atom stereocenters. The number of hydrogen-bond donors (Lipinski definition) is 1. The van der Waals surface area contributed by atoms with Gasteiger partial charge in [-0.15, -0.1) is 11.3 Å². The highest BCUT2D eigenvalue weighted by molar-refractivity contribution is 7.18. The fourth-order valence-corrected chi connectivity index (χ4v) is 3.86. The number of thiophene rings is 1. The molecule has 2 aromatic heterocycles. The quantitative estimate of drug-likeness (QED) is 0.698. The van der Waals surface area contributed by atoms with Gasteiger partial charge in [0.1, 0.15) is 5.71 Å². The van der Waals surface area contributed by atoms with Gasteiger partial charge in [-0.1, -0.05) is 28.4 Å². The smallest absolute Gasteiger partial charge is 0.268 e. The number of carbonyl (C=O) groups is 1. The van der Waals surface area contributed by atoms with E-state index in [-0.39, 0.29) is 5.91 Å². The van der Waals surface area contributed by atoms with Crippen molar-refractivity contribution >= 4 is 51.8 Å². The van der Waals surface area contributed by atoms with E-state index >= 15 is 0 Å². The number of nitrogens with zero attached hydrogens (tertiary/aromatic N) is 3. The second-order valence-corrected chi connectivity index (χ2v) is 7.69. The Morgan fingerprint density at radius 1 is 1.31 bits per heavy atom. The van der Waals surface area contributed by atoms with Crippen LogP contribution in [0.15, 0.2) is 54.2 Å². The highest BCUT2D eigenvalue weighted by atomic mass is 35.5. The zero-order valence-electron chi connectivity index (χ0n) is 13.2. The van der Waals surface area contributed by atoms with Crippen LogP contribution in [0.3, 0.4) is 0 Å². The molecule has 1 N–H and O–H groups in total. The van der Waals surface area contributed by atoms with Gasteiger partial charge in [-0.05, 0) is 30.3 Å². The Hall–Kier alpha value is -2.35. The molecular formula is C17H12Cl2N4O2S. The Labute approximate surface area is 163 Å². The lowest BCUT2D eigenvalue weighted by molar-refractivity contribution is -0.125. The molecule has 0 saturated heterocycles. The first-order valence-corrected chi connectivity index (χ1v) is 9.24. The molecule has 1 atom stereocenters. The lowest BCUT2D eigenvalue weighted by Gasteiger charge is -2.11. The van der Waals surface area contributed by atoms with Crippen LogP contribution in [0.2, 0.25) is 9.36 Å². The van der Waals surface area contributed by atoms with E-state index in [9.17, 15) is 4.79 Å². The van der Waals surface area contributed by atoms with Crippen LogP contribution < -0.4 is 5.32 Å². The van der Waals surface area contributed by atoms with Crippen molar-refractivity contribution in [2.45, 2.75) is 12.5 Å². The molecule has 0 fully saturated rings. The molecule has 132 valence electrons. The first-order valence-electron chi connectivity index (χ1n) is 7.67. The van der Waals surface area contributed by atoms with Crippen molar-refractivity contribution in [1.82, 2.24) is 9.55 Å². The van der Waals surface area contributed by atoms with E-state index in [1.165, 1.54) is 11.3 Å². The number of benzene rings is 1. The average Bonchev–Trinajstić information content (AvgIpc) is 3.36. The molecule has 1 aliphatic heterocycles. The number of aromatic nitrogens is 2. The molecule has 1 aromatic carbocycles. The van der Waals surface area contributed by atoms with Gasteiger partial charge in [0.05, 0.1) is 26.3 Å². The minimum absolute atomic E-state index is 0.280. The molecule has 6 nitrogen and oxygen atoms in total. The van der Waals surface area contributed by atoms with Gasteiger partial charge in [0.15, 0.2) is 0 Å². The maximum Gasteiger partial charge on any atom is 0.268 e. The van der Waals surface area contributed by atoms with Crippen LogP contribution in [-0.2, 0) is 9.63 Å². The van der Waals surface area contributed by atoms with Gasteiger partial charge in [0.2, 0.25) is 6.10 Å². The second kappa shape index (κ2) is 7.11. The predicted octanol–water partition coefficient (Wildman–Crippen LogP) is 4.37. The van der Waals surface area contributed by atoms with Crippen molar-refractivity contribution in [2.75, 3.05) is 5.32 Å². The number of anilines is 1. The van der Waals surface area contributed by atoms with E-state index in [1.54, 1.807) is 41.5 Å². The van der Waals surface area contributed by atoms with Gasteiger partial charge in [0, 0.05) is 24.5 Å². The summed E-state index contributed by atoms with van der Waals surface area (Å²) in [4.78, 5) is 22.6. The first-order chi connectivity index (χ1) is 12.6. The molecule has 9 heteroatoms. The summed E-state index contributed by atoms with van der Waals surface area (Å²) in [5, 5.41) is 7.30. The Morgan fingerprint density at radius 2 is 2.19 bits per heavy atom.